The van der Waals surface area contributed by atoms with Gasteiger partial charge < -0.3 is 25.8 Å². The van der Waals surface area contributed by atoms with E-state index >= 15 is 0 Å². The van der Waals surface area contributed by atoms with Gasteiger partial charge in [-0.05, 0) is 13.0 Å². The summed E-state index contributed by atoms with van der Waals surface area (Å²) >= 11 is 0. The fourth-order valence-electron chi connectivity index (χ4n) is 1.70. The van der Waals surface area contributed by atoms with E-state index in [-0.39, 0.29) is 37.7 Å². The van der Waals surface area contributed by atoms with Gasteiger partial charge in [0, 0.05) is 12.1 Å². The van der Waals surface area contributed by atoms with Crippen LogP contribution in [0.5, 0.6) is 11.5 Å². The van der Waals surface area contributed by atoms with E-state index in [1.54, 1.807) is 13.0 Å². The number of nitrogens with two attached hydrogens (primary N) is 1. The lowest BCUT2D eigenvalue weighted by Gasteiger charge is -2.15. The zero-order valence-corrected chi connectivity index (χ0v) is 12.6. The third-order valence-corrected chi connectivity index (χ3v) is 2.67. The number of nitrogens with one attached hydrogen (secondary N) is 2. The van der Waals surface area contributed by atoms with Gasteiger partial charge in [0.05, 0.1) is 19.7 Å². The van der Waals surface area contributed by atoms with Gasteiger partial charge in [-0.3, -0.25) is 9.59 Å². The van der Waals surface area contributed by atoms with Gasteiger partial charge in [0.1, 0.15) is 0 Å². The number of hydrogen-bond acceptors (Lipinski definition) is 5. The highest BCUT2D eigenvalue weighted by molar-refractivity contribution is 5.85. The first-order valence-electron chi connectivity index (χ1n) is 6.90. The average Bonchev–Trinajstić information content (AvgIpc) is 2.52. The lowest BCUT2D eigenvalue weighted by atomic mass is 10.2. The third-order valence-electron chi connectivity index (χ3n) is 2.67. The van der Waals surface area contributed by atoms with E-state index < -0.39 is 18.4 Å². The van der Waals surface area contributed by atoms with Crippen molar-refractivity contribution in [3.8, 4) is 11.5 Å². The molecular formula is C14H19F2N3O4. The summed E-state index contributed by atoms with van der Waals surface area (Å²) in [6.07, 6.45) is 0. The van der Waals surface area contributed by atoms with Gasteiger partial charge in [0.25, 0.3) is 0 Å². The number of alkyl halides is 2. The van der Waals surface area contributed by atoms with Crippen LogP contribution in [0.25, 0.3) is 0 Å². The Morgan fingerprint density at radius 2 is 2.00 bits per heavy atom. The monoisotopic (exact) mass is 331 g/mol. The van der Waals surface area contributed by atoms with Gasteiger partial charge in [-0.15, -0.1) is 0 Å². The molecule has 1 rings (SSSR count). The van der Waals surface area contributed by atoms with Crippen molar-refractivity contribution in [3.63, 3.8) is 0 Å². The molecule has 2 amide bonds. The Bertz CT molecular complexity index is 541. The molecule has 0 saturated carbocycles. The quantitative estimate of drug-likeness (QED) is 0.607. The summed E-state index contributed by atoms with van der Waals surface area (Å²) in [6, 6.07) is 4.62. The van der Waals surface area contributed by atoms with Crippen molar-refractivity contribution in [2.75, 3.05) is 19.7 Å². The van der Waals surface area contributed by atoms with Gasteiger partial charge in [-0.25, -0.2) is 0 Å². The highest BCUT2D eigenvalue weighted by Crippen LogP contribution is 2.32. The summed E-state index contributed by atoms with van der Waals surface area (Å²) in [7, 11) is 0. The van der Waals surface area contributed by atoms with Crippen molar-refractivity contribution in [3.05, 3.63) is 23.8 Å². The second kappa shape index (κ2) is 9.57. The second-order valence-corrected chi connectivity index (χ2v) is 4.31. The van der Waals surface area contributed by atoms with Crippen LogP contribution in [0.3, 0.4) is 0 Å². The molecule has 0 aliphatic carbocycles. The van der Waals surface area contributed by atoms with Crippen LogP contribution in [0, 0.1) is 0 Å². The normalized spacial score (nSPS) is 10.3. The summed E-state index contributed by atoms with van der Waals surface area (Å²) in [5.41, 5.74) is 5.42. The number of halogens is 2. The van der Waals surface area contributed by atoms with Crippen LogP contribution in [0.1, 0.15) is 12.5 Å². The molecule has 128 valence electrons. The van der Waals surface area contributed by atoms with Gasteiger partial charge in [-0.2, -0.15) is 8.78 Å². The molecule has 0 radical (unpaired) electrons. The lowest BCUT2D eigenvalue weighted by molar-refractivity contribution is -0.125. The molecular weight excluding hydrogens is 312 g/mol. The molecule has 0 heterocycles. The third kappa shape index (κ3) is 6.47. The van der Waals surface area contributed by atoms with E-state index in [9.17, 15) is 18.4 Å². The minimum Gasteiger partial charge on any atom is -0.490 e. The first-order valence-corrected chi connectivity index (χ1v) is 6.90. The summed E-state index contributed by atoms with van der Waals surface area (Å²) in [5, 5.41) is 4.78. The Morgan fingerprint density at radius 1 is 1.26 bits per heavy atom. The van der Waals surface area contributed by atoms with E-state index in [0.29, 0.717) is 5.56 Å². The molecule has 0 aromatic heterocycles. The van der Waals surface area contributed by atoms with Crippen molar-refractivity contribution < 1.29 is 27.8 Å². The lowest BCUT2D eigenvalue weighted by Crippen LogP contribution is -2.39. The molecule has 9 heteroatoms. The topological polar surface area (TPSA) is 103 Å². The fraction of sp³-hybridized carbons (Fsp3) is 0.429. The molecule has 1 aromatic carbocycles. The predicted octanol–water partition coefficient (Wildman–Crippen LogP) is 0.378. The highest BCUT2D eigenvalue weighted by atomic mass is 19.3. The van der Waals surface area contributed by atoms with Crippen LogP contribution >= 0.6 is 0 Å². The molecule has 0 aliphatic heterocycles. The number of benzene rings is 1. The van der Waals surface area contributed by atoms with Gasteiger partial charge in [-0.1, -0.05) is 12.1 Å². The molecule has 0 fully saturated rings. The van der Waals surface area contributed by atoms with E-state index in [1.807, 2.05) is 0 Å². The first kappa shape index (κ1) is 18.6. The summed E-state index contributed by atoms with van der Waals surface area (Å²) in [6.45, 7) is -1.57. The standard InChI is InChI=1S/C14H19F2N3O4/c1-2-22-10-5-3-4-9(13(10)23-14(15)16)7-18-12(21)8-19-11(20)6-17/h3-5,14H,2,6-8,17H2,1H3,(H,18,21)(H,19,20). The molecule has 0 saturated heterocycles. The van der Waals surface area contributed by atoms with Crippen molar-refractivity contribution in [1.82, 2.24) is 10.6 Å². The minimum absolute atomic E-state index is 0.0553. The maximum absolute atomic E-state index is 12.5. The van der Waals surface area contributed by atoms with Crippen LogP contribution in [0.15, 0.2) is 18.2 Å². The number of carbonyl (C=O) groups is 2. The number of para-hydroxylation sites is 1. The van der Waals surface area contributed by atoms with E-state index in [2.05, 4.69) is 15.4 Å². The average molecular weight is 331 g/mol. The molecule has 0 spiro atoms. The van der Waals surface area contributed by atoms with Crippen LogP contribution in [0.4, 0.5) is 8.78 Å². The predicted molar refractivity (Wildman–Crippen MR) is 78.2 cm³/mol. The number of hydrogen-bond donors (Lipinski definition) is 3. The van der Waals surface area contributed by atoms with Crippen molar-refractivity contribution >= 4 is 11.8 Å². The molecule has 7 nitrogen and oxygen atoms in total. The molecule has 23 heavy (non-hydrogen) atoms. The molecule has 0 aliphatic rings. The van der Waals surface area contributed by atoms with Crippen LogP contribution < -0.4 is 25.8 Å². The maximum atomic E-state index is 12.5. The largest absolute Gasteiger partial charge is 0.490 e. The molecule has 4 N–H and O–H groups in total. The zero-order valence-electron chi connectivity index (χ0n) is 12.6. The number of amides is 2. The Morgan fingerprint density at radius 3 is 2.61 bits per heavy atom. The zero-order chi connectivity index (χ0) is 17.2. The van der Waals surface area contributed by atoms with Gasteiger partial charge >= 0.3 is 6.61 Å². The van der Waals surface area contributed by atoms with Crippen molar-refractivity contribution in [1.29, 1.82) is 0 Å². The van der Waals surface area contributed by atoms with Crippen LogP contribution in [-0.4, -0.2) is 38.1 Å². The smallest absolute Gasteiger partial charge is 0.387 e. The molecule has 0 unspecified atom stereocenters. The molecule has 1 aromatic rings. The van der Waals surface area contributed by atoms with Gasteiger partial charge in [0.2, 0.25) is 11.8 Å². The Labute approximate surface area is 132 Å². The van der Waals surface area contributed by atoms with E-state index in [0.717, 1.165) is 0 Å². The Kier molecular flexibility index (Phi) is 7.75. The molecule has 0 atom stereocenters. The summed E-state index contributed by atoms with van der Waals surface area (Å²) in [4.78, 5) is 22.5. The second-order valence-electron chi connectivity index (χ2n) is 4.31. The first-order chi connectivity index (χ1) is 11.0. The Hall–Kier alpha value is -2.42. The van der Waals surface area contributed by atoms with Crippen LogP contribution in [0.2, 0.25) is 0 Å². The van der Waals surface area contributed by atoms with Crippen LogP contribution in [-0.2, 0) is 16.1 Å². The van der Waals surface area contributed by atoms with Crippen molar-refractivity contribution in [2.45, 2.75) is 20.1 Å². The van der Waals surface area contributed by atoms with Gasteiger partial charge in [0.15, 0.2) is 11.5 Å². The van der Waals surface area contributed by atoms with Crippen molar-refractivity contribution in [2.24, 2.45) is 5.73 Å². The number of carbonyl (C=O) groups excluding carboxylic acids is 2. The highest BCUT2D eigenvalue weighted by Gasteiger charge is 2.16. The summed E-state index contributed by atoms with van der Waals surface area (Å²) < 4.78 is 34.8. The maximum Gasteiger partial charge on any atom is 0.387 e. The summed E-state index contributed by atoms with van der Waals surface area (Å²) in [5.74, 6) is -0.927. The Balaban J connectivity index is 2.73. The molecule has 0 bridgehead atoms. The SMILES string of the molecule is CCOc1cccc(CNC(=O)CNC(=O)CN)c1OC(F)F. The van der Waals surface area contributed by atoms with E-state index in [4.69, 9.17) is 10.5 Å². The number of ether oxygens (including phenoxy) is 2. The number of rotatable bonds is 9. The van der Waals surface area contributed by atoms with E-state index in [1.165, 1.54) is 12.1 Å². The minimum atomic E-state index is -3.02. The fourth-order valence-corrected chi connectivity index (χ4v) is 1.70.